The number of nitrogens with one attached hydrogen (secondary N) is 1. The van der Waals surface area contributed by atoms with E-state index in [1.165, 1.54) is 0 Å². The van der Waals surface area contributed by atoms with Crippen LogP contribution in [0.3, 0.4) is 0 Å². The molecule has 0 bridgehead atoms. The van der Waals surface area contributed by atoms with Crippen molar-refractivity contribution in [3.8, 4) is 5.75 Å². The fraction of sp³-hybridized carbons (Fsp3) is 0.391. The van der Waals surface area contributed by atoms with Crippen LogP contribution >= 0.6 is 0 Å². The largest absolute Gasteiger partial charge is 0.483 e. The number of ether oxygens (including phenoxy) is 1. The summed E-state index contributed by atoms with van der Waals surface area (Å²) < 4.78 is 5.81. The maximum absolute atomic E-state index is 13.1. The van der Waals surface area contributed by atoms with Gasteiger partial charge in [-0.25, -0.2) is 0 Å². The molecular weight excluding hydrogens is 352 g/mol. The van der Waals surface area contributed by atoms with E-state index >= 15 is 0 Å². The van der Waals surface area contributed by atoms with E-state index in [-0.39, 0.29) is 18.4 Å². The summed E-state index contributed by atoms with van der Waals surface area (Å²) in [6, 6.07) is 13.1. The summed E-state index contributed by atoms with van der Waals surface area (Å²) in [6.45, 7) is 8.15. The molecule has 150 valence electrons. The fourth-order valence-corrected chi connectivity index (χ4v) is 3.16. The predicted octanol–water partition coefficient (Wildman–Crippen LogP) is 3.54. The summed E-state index contributed by atoms with van der Waals surface area (Å²) in [7, 11) is 1.59. The lowest BCUT2D eigenvalue weighted by molar-refractivity contribution is -0.142. The van der Waals surface area contributed by atoms with Crippen molar-refractivity contribution in [2.24, 2.45) is 0 Å². The zero-order valence-electron chi connectivity index (χ0n) is 17.4. The standard InChI is InChI=1S/C23H30N2O3/c1-6-20(23(27)24-5)25(14-19-12-8-7-10-17(19)3)22(26)15-28-21-13-9-11-16(2)18(21)4/h7-13,20H,6,14-15H2,1-5H3,(H,24,27)/t20-/m1/s1. The molecule has 1 N–H and O–H groups in total. The highest BCUT2D eigenvalue weighted by Crippen LogP contribution is 2.21. The van der Waals surface area contributed by atoms with Crippen LogP contribution in [0.5, 0.6) is 5.75 Å². The molecule has 0 saturated heterocycles. The molecule has 0 aromatic heterocycles. The lowest BCUT2D eigenvalue weighted by atomic mass is 10.1. The summed E-state index contributed by atoms with van der Waals surface area (Å²) in [5, 5.41) is 2.67. The molecule has 0 aliphatic heterocycles. The minimum atomic E-state index is -0.542. The molecule has 2 aromatic carbocycles. The molecule has 0 fully saturated rings. The van der Waals surface area contributed by atoms with Crippen LogP contribution in [0.25, 0.3) is 0 Å². The molecule has 2 amide bonds. The molecule has 0 heterocycles. The quantitative estimate of drug-likeness (QED) is 0.760. The van der Waals surface area contributed by atoms with Crippen LogP contribution in [0, 0.1) is 20.8 Å². The van der Waals surface area contributed by atoms with Crippen molar-refractivity contribution >= 4 is 11.8 Å². The topological polar surface area (TPSA) is 58.6 Å². The first-order chi connectivity index (χ1) is 13.4. The number of aryl methyl sites for hydroxylation is 2. The van der Waals surface area contributed by atoms with Crippen LogP contribution in [-0.4, -0.2) is 36.4 Å². The summed E-state index contributed by atoms with van der Waals surface area (Å²) in [4.78, 5) is 27.1. The van der Waals surface area contributed by atoms with E-state index in [1.807, 2.05) is 70.2 Å². The number of hydrogen-bond acceptors (Lipinski definition) is 3. The smallest absolute Gasteiger partial charge is 0.261 e. The molecular formula is C23H30N2O3. The van der Waals surface area contributed by atoms with Gasteiger partial charge in [0.15, 0.2) is 6.61 Å². The van der Waals surface area contributed by atoms with Gasteiger partial charge < -0.3 is 15.0 Å². The molecule has 5 nitrogen and oxygen atoms in total. The Morgan fingerprint density at radius 1 is 1.04 bits per heavy atom. The number of carbonyl (C=O) groups is 2. The van der Waals surface area contributed by atoms with Crippen LogP contribution in [0.15, 0.2) is 42.5 Å². The number of benzene rings is 2. The Kier molecular flexibility index (Phi) is 7.61. The Morgan fingerprint density at radius 3 is 2.36 bits per heavy atom. The minimum Gasteiger partial charge on any atom is -0.483 e. The fourth-order valence-electron chi connectivity index (χ4n) is 3.16. The molecule has 0 unspecified atom stereocenters. The second-order valence-corrected chi connectivity index (χ2v) is 6.97. The lowest BCUT2D eigenvalue weighted by Crippen LogP contribution is -2.49. The average Bonchev–Trinajstić information content (AvgIpc) is 2.69. The Balaban J connectivity index is 2.24. The van der Waals surface area contributed by atoms with Gasteiger partial charge in [0, 0.05) is 13.6 Å². The van der Waals surface area contributed by atoms with Crippen molar-refractivity contribution in [1.29, 1.82) is 0 Å². The SMILES string of the molecule is CC[C@H](C(=O)NC)N(Cc1ccccc1C)C(=O)COc1cccc(C)c1C. The van der Waals surface area contributed by atoms with Crippen LogP contribution < -0.4 is 10.1 Å². The third-order valence-corrected chi connectivity index (χ3v) is 5.14. The average molecular weight is 383 g/mol. The Bertz CT molecular complexity index is 832. The highest BCUT2D eigenvalue weighted by Gasteiger charge is 2.28. The normalized spacial score (nSPS) is 11.6. The monoisotopic (exact) mass is 382 g/mol. The van der Waals surface area contributed by atoms with Crippen molar-refractivity contribution in [2.45, 2.75) is 46.7 Å². The molecule has 0 aliphatic carbocycles. The van der Waals surface area contributed by atoms with Gasteiger partial charge in [0.05, 0.1) is 0 Å². The van der Waals surface area contributed by atoms with Gasteiger partial charge in [-0.3, -0.25) is 9.59 Å². The van der Waals surface area contributed by atoms with E-state index in [9.17, 15) is 9.59 Å². The van der Waals surface area contributed by atoms with Gasteiger partial charge in [-0.2, -0.15) is 0 Å². The zero-order chi connectivity index (χ0) is 20.7. The molecule has 2 aromatic rings. The van der Waals surface area contributed by atoms with Gasteiger partial charge in [-0.05, 0) is 55.5 Å². The highest BCUT2D eigenvalue weighted by molar-refractivity contribution is 5.88. The predicted molar refractivity (Wildman–Crippen MR) is 111 cm³/mol. The first-order valence-corrected chi connectivity index (χ1v) is 9.63. The third kappa shape index (κ3) is 5.12. The first-order valence-electron chi connectivity index (χ1n) is 9.63. The Morgan fingerprint density at radius 2 is 1.71 bits per heavy atom. The van der Waals surface area contributed by atoms with Gasteiger partial charge in [-0.15, -0.1) is 0 Å². The molecule has 0 aliphatic rings. The number of nitrogens with zero attached hydrogens (tertiary/aromatic N) is 1. The molecule has 1 atom stereocenters. The third-order valence-electron chi connectivity index (χ3n) is 5.14. The molecule has 0 spiro atoms. The Labute approximate surface area is 167 Å². The number of rotatable bonds is 8. The van der Waals surface area contributed by atoms with Crippen LogP contribution in [-0.2, 0) is 16.1 Å². The molecule has 0 saturated carbocycles. The second kappa shape index (κ2) is 9.93. The van der Waals surface area contributed by atoms with Gasteiger partial charge in [-0.1, -0.05) is 43.3 Å². The van der Waals surface area contributed by atoms with Crippen LogP contribution in [0.1, 0.15) is 35.6 Å². The maximum Gasteiger partial charge on any atom is 0.261 e. The minimum absolute atomic E-state index is 0.107. The summed E-state index contributed by atoms with van der Waals surface area (Å²) in [5.74, 6) is 0.313. The zero-order valence-corrected chi connectivity index (χ0v) is 17.4. The van der Waals surface area contributed by atoms with Crippen LogP contribution in [0.4, 0.5) is 0 Å². The van der Waals surface area contributed by atoms with Gasteiger partial charge >= 0.3 is 0 Å². The number of hydrogen-bond donors (Lipinski definition) is 1. The Hall–Kier alpha value is -2.82. The van der Waals surface area contributed by atoms with Crippen LogP contribution in [0.2, 0.25) is 0 Å². The first kappa shape index (κ1) is 21.5. The lowest BCUT2D eigenvalue weighted by Gasteiger charge is -2.30. The van der Waals surface area contributed by atoms with Gasteiger partial charge in [0.2, 0.25) is 5.91 Å². The van der Waals surface area contributed by atoms with Gasteiger partial charge in [0.25, 0.3) is 5.91 Å². The molecule has 0 radical (unpaired) electrons. The second-order valence-electron chi connectivity index (χ2n) is 6.97. The van der Waals surface area contributed by atoms with E-state index in [0.29, 0.717) is 18.7 Å². The van der Waals surface area contributed by atoms with E-state index < -0.39 is 6.04 Å². The summed E-state index contributed by atoms with van der Waals surface area (Å²) in [5.41, 5.74) is 4.23. The van der Waals surface area contributed by atoms with E-state index in [4.69, 9.17) is 4.74 Å². The van der Waals surface area contributed by atoms with Crippen molar-refractivity contribution in [3.05, 3.63) is 64.7 Å². The summed E-state index contributed by atoms with van der Waals surface area (Å²) in [6.07, 6.45) is 0.529. The molecule has 5 heteroatoms. The van der Waals surface area contributed by atoms with E-state index in [2.05, 4.69) is 5.32 Å². The maximum atomic E-state index is 13.1. The number of likely N-dealkylation sites (N-methyl/N-ethyl adjacent to an activating group) is 1. The summed E-state index contributed by atoms with van der Waals surface area (Å²) >= 11 is 0. The highest BCUT2D eigenvalue weighted by atomic mass is 16.5. The number of carbonyl (C=O) groups excluding carboxylic acids is 2. The van der Waals surface area contributed by atoms with E-state index in [1.54, 1.807) is 11.9 Å². The van der Waals surface area contributed by atoms with Crippen molar-refractivity contribution < 1.29 is 14.3 Å². The molecule has 28 heavy (non-hydrogen) atoms. The van der Waals surface area contributed by atoms with Crippen molar-refractivity contribution in [1.82, 2.24) is 10.2 Å². The van der Waals surface area contributed by atoms with Crippen molar-refractivity contribution in [3.63, 3.8) is 0 Å². The van der Waals surface area contributed by atoms with E-state index in [0.717, 1.165) is 22.3 Å². The molecule has 2 rings (SSSR count). The van der Waals surface area contributed by atoms with Crippen molar-refractivity contribution in [2.75, 3.05) is 13.7 Å². The number of amides is 2. The van der Waals surface area contributed by atoms with Gasteiger partial charge in [0.1, 0.15) is 11.8 Å².